The van der Waals surface area contributed by atoms with Crippen LogP contribution < -0.4 is 10.2 Å². The minimum Gasteiger partial charge on any atom is -0.756 e. The van der Waals surface area contributed by atoms with E-state index in [9.17, 15) is 19.4 Å². The number of unbranched alkanes of at least 4 members (excludes halogenated alkanes) is 38. The van der Waals surface area contributed by atoms with Gasteiger partial charge in [0.25, 0.3) is 7.82 Å². The number of nitrogens with zero attached hydrogens (tertiary/aromatic N) is 1. The Morgan fingerprint density at radius 2 is 0.806 bits per heavy atom. The lowest BCUT2D eigenvalue weighted by atomic mass is 10.0. The number of carbonyl (C=O) groups excluding carboxylic acids is 1. The fraction of sp³-hybridized carbons (Fsp3) is 0.857. The maximum absolute atomic E-state index is 12.9. The van der Waals surface area contributed by atoms with E-state index in [4.69, 9.17) is 9.05 Å². The number of nitrogens with one attached hydrogen (secondary N) is 1. The standard InChI is InChI=1S/C63H121N2O6P/c1-6-8-10-12-14-16-17-18-19-20-21-22-23-24-25-26-27-28-29-30-31-32-33-34-35-36-37-38-39-40-41-42-43-44-45-46-47-49-51-53-55-57-63(67)64-61(60-71-72(68,69)70-59-58-65(3,4)5)62(66)56-54-52-50-48-15-13-11-9-7-2/h17-18,20-21,23-24,54,56,61-62,66H,6-16,19,22,25-53,55,57-60H2,1-5H3,(H-,64,67,68,69)/b18-17-,21-20-,24-23-,56-54+. The molecule has 0 aromatic heterocycles. The van der Waals surface area contributed by atoms with Gasteiger partial charge in [-0.25, -0.2) is 0 Å². The van der Waals surface area contributed by atoms with Crippen molar-refractivity contribution in [2.24, 2.45) is 0 Å². The highest BCUT2D eigenvalue weighted by Crippen LogP contribution is 2.38. The number of likely N-dealkylation sites (N-methyl/N-ethyl adjacent to an activating group) is 1. The summed E-state index contributed by atoms with van der Waals surface area (Å²) in [7, 11) is 1.27. The molecule has 1 amide bonds. The summed E-state index contributed by atoms with van der Waals surface area (Å²) in [6.45, 7) is 4.62. The number of rotatable bonds is 57. The molecule has 3 unspecified atom stereocenters. The number of hydrogen-bond acceptors (Lipinski definition) is 6. The SMILES string of the molecule is CCCCCCC/C=C\C/C=C\C/C=C\CCCCCCCCCCCCCCCCCCCCCCCCCCCCC(=O)NC(COP(=O)([O-])OCC[N+](C)(C)C)C(O)/C=C/CCCCCCCCC. The van der Waals surface area contributed by atoms with Gasteiger partial charge in [-0.05, 0) is 57.8 Å². The van der Waals surface area contributed by atoms with E-state index >= 15 is 0 Å². The Balaban J connectivity index is 3.77. The van der Waals surface area contributed by atoms with Gasteiger partial charge in [-0.2, -0.15) is 0 Å². The second-order valence-electron chi connectivity index (χ2n) is 22.4. The van der Waals surface area contributed by atoms with Gasteiger partial charge < -0.3 is 28.8 Å². The summed E-state index contributed by atoms with van der Waals surface area (Å²) in [5, 5.41) is 13.8. The molecule has 0 spiro atoms. The average Bonchev–Trinajstić information content (AvgIpc) is 3.34. The van der Waals surface area contributed by atoms with Crippen LogP contribution in [-0.2, 0) is 18.4 Å². The second kappa shape index (κ2) is 54.3. The normalized spacial score (nSPS) is 14.2. The Labute approximate surface area is 448 Å². The fourth-order valence-corrected chi connectivity index (χ4v) is 9.89. The summed E-state index contributed by atoms with van der Waals surface area (Å²) in [6, 6.07) is -0.882. The van der Waals surface area contributed by atoms with Gasteiger partial charge in [-0.1, -0.05) is 281 Å². The van der Waals surface area contributed by atoms with Gasteiger partial charge in [0.1, 0.15) is 13.2 Å². The molecular formula is C63H121N2O6P. The molecule has 8 nitrogen and oxygen atoms in total. The van der Waals surface area contributed by atoms with Crippen molar-refractivity contribution in [3.8, 4) is 0 Å². The number of hydrogen-bond donors (Lipinski definition) is 2. The Bertz CT molecular complexity index is 1310. The third-order valence-corrected chi connectivity index (χ3v) is 15.0. The van der Waals surface area contributed by atoms with Gasteiger partial charge in [0.05, 0.1) is 39.9 Å². The third-order valence-electron chi connectivity index (χ3n) is 14.0. The van der Waals surface area contributed by atoms with Crippen molar-refractivity contribution >= 4 is 13.7 Å². The predicted octanol–water partition coefficient (Wildman–Crippen LogP) is 18.5. The van der Waals surface area contributed by atoms with Crippen molar-refractivity contribution in [2.75, 3.05) is 40.9 Å². The zero-order valence-corrected chi connectivity index (χ0v) is 49.3. The first-order valence-corrected chi connectivity index (χ1v) is 32.5. The van der Waals surface area contributed by atoms with Gasteiger partial charge in [-0.3, -0.25) is 9.36 Å². The number of quaternary nitrogens is 1. The second-order valence-corrected chi connectivity index (χ2v) is 23.8. The van der Waals surface area contributed by atoms with E-state index in [1.165, 1.54) is 225 Å². The summed E-state index contributed by atoms with van der Waals surface area (Å²) in [5.41, 5.74) is 0. The number of phosphoric ester groups is 1. The predicted molar refractivity (Wildman–Crippen MR) is 311 cm³/mol. The lowest BCUT2D eigenvalue weighted by Gasteiger charge is -2.29. The summed E-state index contributed by atoms with van der Waals surface area (Å²) < 4.78 is 23.2. The minimum atomic E-state index is -4.59. The molecule has 0 saturated carbocycles. The van der Waals surface area contributed by atoms with Gasteiger partial charge in [0, 0.05) is 6.42 Å². The van der Waals surface area contributed by atoms with Crippen molar-refractivity contribution in [1.29, 1.82) is 0 Å². The molecule has 424 valence electrons. The van der Waals surface area contributed by atoms with Crippen LogP contribution in [-0.4, -0.2) is 68.5 Å². The first-order chi connectivity index (χ1) is 35.0. The molecule has 0 heterocycles. The molecule has 0 rings (SSSR count). The number of aliphatic hydroxyl groups excluding tert-OH is 1. The summed E-state index contributed by atoms with van der Waals surface area (Å²) in [6.07, 6.45) is 72.5. The highest BCUT2D eigenvalue weighted by atomic mass is 31.2. The highest BCUT2D eigenvalue weighted by Gasteiger charge is 2.23. The molecule has 0 aliphatic heterocycles. The average molecular weight is 1030 g/mol. The molecule has 0 radical (unpaired) electrons. The van der Waals surface area contributed by atoms with E-state index in [2.05, 4.69) is 55.6 Å². The van der Waals surface area contributed by atoms with Gasteiger partial charge in [0.15, 0.2) is 0 Å². The van der Waals surface area contributed by atoms with E-state index < -0.39 is 20.0 Å². The van der Waals surface area contributed by atoms with Crippen molar-refractivity contribution in [2.45, 2.75) is 309 Å². The summed E-state index contributed by atoms with van der Waals surface area (Å²) in [4.78, 5) is 25.4. The number of phosphoric acid groups is 1. The molecule has 9 heteroatoms. The molecule has 72 heavy (non-hydrogen) atoms. The van der Waals surface area contributed by atoms with Crippen LogP contribution in [0.1, 0.15) is 296 Å². The maximum Gasteiger partial charge on any atom is 0.268 e. The van der Waals surface area contributed by atoms with Gasteiger partial charge in [0.2, 0.25) is 5.91 Å². The number of aliphatic hydroxyl groups is 1. The van der Waals surface area contributed by atoms with Crippen molar-refractivity contribution in [1.82, 2.24) is 5.32 Å². The Kier molecular flexibility index (Phi) is 53.1. The lowest BCUT2D eigenvalue weighted by molar-refractivity contribution is -0.870. The van der Waals surface area contributed by atoms with E-state index in [1.807, 2.05) is 27.2 Å². The highest BCUT2D eigenvalue weighted by molar-refractivity contribution is 7.45. The Morgan fingerprint density at radius 1 is 0.486 bits per heavy atom. The molecule has 0 aliphatic rings. The van der Waals surface area contributed by atoms with Crippen LogP contribution in [0.3, 0.4) is 0 Å². The number of carbonyl (C=O) groups is 1. The van der Waals surface area contributed by atoms with E-state index in [-0.39, 0.29) is 19.1 Å². The van der Waals surface area contributed by atoms with E-state index in [0.717, 1.165) is 51.4 Å². The largest absolute Gasteiger partial charge is 0.756 e. The molecule has 2 N–H and O–H groups in total. The molecule has 0 saturated heterocycles. The van der Waals surface area contributed by atoms with E-state index in [0.29, 0.717) is 17.4 Å². The zero-order chi connectivity index (χ0) is 52.7. The lowest BCUT2D eigenvalue weighted by Crippen LogP contribution is -2.45. The maximum atomic E-state index is 12.9. The van der Waals surface area contributed by atoms with Crippen molar-refractivity contribution in [3.63, 3.8) is 0 Å². The molecule has 0 fully saturated rings. The van der Waals surface area contributed by atoms with E-state index in [1.54, 1.807) is 6.08 Å². The van der Waals surface area contributed by atoms with Crippen LogP contribution in [0.25, 0.3) is 0 Å². The molecule has 3 atom stereocenters. The van der Waals surface area contributed by atoms with Crippen LogP contribution in [0.2, 0.25) is 0 Å². The molecule has 0 aromatic carbocycles. The van der Waals surface area contributed by atoms with Crippen LogP contribution in [0, 0.1) is 0 Å². The number of amides is 1. The quantitative estimate of drug-likeness (QED) is 0.0272. The van der Waals surface area contributed by atoms with Gasteiger partial charge in [-0.15, -0.1) is 0 Å². The molecule has 0 aliphatic carbocycles. The zero-order valence-electron chi connectivity index (χ0n) is 48.4. The van der Waals surface area contributed by atoms with Gasteiger partial charge >= 0.3 is 0 Å². The van der Waals surface area contributed by atoms with Crippen LogP contribution in [0.4, 0.5) is 0 Å². The summed E-state index contributed by atoms with van der Waals surface area (Å²) >= 11 is 0. The minimum absolute atomic E-state index is 0.000145. The molecule has 0 bridgehead atoms. The first kappa shape index (κ1) is 70.5. The molecule has 0 aromatic rings. The summed E-state index contributed by atoms with van der Waals surface area (Å²) in [5.74, 6) is -0.196. The van der Waals surface area contributed by atoms with Crippen LogP contribution >= 0.6 is 7.82 Å². The smallest absolute Gasteiger partial charge is 0.268 e. The number of allylic oxidation sites excluding steroid dienone is 7. The Hall–Kier alpha value is -1.54. The molecular weight excluding hydrogens is 912 g/mol. The first-order valence-electron chi connectivity index (χ1n) is 31.0. The fourth-order valence-electron chi connectivity index (χ4n) is 9.16. The Morgan fingerprint density at radius 3 is 1.17 bits per heavy atom. The monoisotopic (exact) mass is 1030 g/mol. The van der Waals surface area contributed by atoms with Crippen LogP contribution in [0.5, 0.6) is 0 Å². The van der Waals surface area contributed by atoms with Crippen molar-refractivity contribution < 1.29 is 32.9 Å². The topological polar surface area (TPSA) is 108 Å². The van der Waals surface area contributed by atoms with Crippen molar-refractivity contribution in [3.05, 3.63) is 48.6 Å². The third kappa shape index (κ3) is 56.2. The van der Waals surface area contributed by atoms with Crippen LogP contribution in [0.15, 0.2) is 48.6 Å².